The lowest BCUT2D eigenvalue weighted by molar-refractivity contribution is 0.591. The van der Waals surface area contributed by atoms with E-state index >= 15 is 0 Å². The Kier molecular flexibility index (Phi) is 9.47. The zero-order chi connectivity index (χ0) is 41.2. The van der Waals surface area contributed by atoms with Gasteiger partial charge in [-0.25, -0.2) is 0 Å². The average Bonchev–Trinajstić information content (AvgIpc) is 3.57. The van der Waals surface area contributed by atoms with E-state index < -0.39 is 0 Å². The summed E-state index contributed by atoms with van der Waals surface area (Å²) in [6, 6.07) is 57.6. The maximum Gasteiger partial charge on any atom is 0.0491 e. The molecule has 0 aliphatic rings. The molecule has 0 aliphatic heterocycles. The lowest BCUT2D eigenvalue weighted by Gasteiger charge is -2.23. The van der Waals surface area contributed by atoms with Crippen molar-refractivity contribution in [1.29, 1.82) is 0 Å². The van der Waals surface area contributed by atoms with E-state index in [1.807, 2.05) is 0 Å². The predicted molar refractivity (Wildman–Crippen MR) is 259 cm³/mol. The van der Waals surface area contributed by atoms with Crippen LogP contribution in [0.2, 0.25) is 0 Å². The van der Waals surface area contributed by atoms with E-state index in [1.165, 1.54) is 110 Å². The lowest BCUT2D eigenvalue weighted by Crippen LogP contribution is -2.10. The molecule has 1 heterocycles. The van der Waals surface area contributed by atoms with E-state index in [9.17, 15) is 0 Å². The first-order valence-electron chi connectivity index (χ1n) is 21.3. The first-order chi connectivity index (χ1) is 28.3. The van der Waals surface area contributed by atoms with Crippen molar-refractivity contribution < 1.29 is 0 Å². The van der Waals surface area contributed by atoms with Crippen LogP contribution in [0.3, 0.4) is 0 Å². The minimum absolute atomic E-state index is 0.0200. The number of rotatable bonds is 6. The van der Waals surface area contributed by atoms with E-state index in [-0.39, 0.29) is 10.8 Å². The van der Waals surface area contributed by atoms with Gasteiger partial charge in [0.25, 0.3) is 0 Å². The Morgan fingerprint density at radius 1 is 0.441 bits per heavy atom. The third kappa shape index (κ3) is 6.77. The zero-order valence-electron chi connectivity index (χ0n) is 36.2. The summed E-state index contributed by atoms with van der Waals surface area (Å²) in [5.41, 5.74) is 18.0. The maximum absolute atomic E-state index is 2.45. The molecule has 0 unspecified atom stereocenters. The number of nitrogens with zero attached hydrogens (tertiary/aromatic N) is 1. The van der Waals surface area contributed by atoms with Crippen LogP contribution in [0.25, 0.3) is 93.4 Å². The summed E-state index contributed by atoms with van der Waals surface area (Å²) in [4.78, 5) is 0. The van der Waals surface area contributed by atoms with Gasteiger partial charge in [0, 0.05) is 28.4 Å². The summed E-state index contributed by atoms with van der Waals surface area (Å²) in [5, 5.41) is 7.81. The molecule has 0 fully saturated rings. The molecule has 9 aromatic rings. The van der Waals surface area contributed by atoms with Crippen molar-refractivity contribution in [3.05, 3.63) is 174 Å². The highest BCUT2D eigenvalue weighted by Gasteiger charge is 2.22. The average molecular weight is 766 g/mol. The van der Waals surface area contributed by atoms with Crippen molar-refractivity contribution in [2.75, 3.05) is 0 Å². The summed E-state index contributed by atoms with van der Waals surface area (Å²) in [5.74, 6) is 0. The van der Waals surface area contributed by atoms with E-state index in [1.54, 1.807) is 0 Å². The zero-order valence-corrected chi connectivity index (χ0v) is 36.2. The molecule has 1 heteroatoms. The number of aromatic nitrogens is 1. The minimum atomic E-state index is 0.0200. The molecular weight excluding hydrogens is 711 g/mol. The van der Waals surface area contributed by atoms with Gasteiger partial charge in [0.05, 0.1) is 0 Å². The van der Waals surface area contributed by atoms with Crippen molar-refractivity contribution in [3.8, 4) is 44.5 Å². The fourth-order valence-electron chi connectivity index (χ4n) is 9.11. The summed E-state index contributed by atoms with van der Waals surface area (Å²) in [7, 11) is 0. The molecule has 1 aromatic heterocycles. The summed E-state index contributed by atoms with van der Waals surface area (Å²) in [6.45, 7) is 21.3. The van der Waals surface area contributed by atoms with Gasteiger partial charge >= 0.3 is 0 Å². The van der Waals surface area contributed by atoms with Gasteiger partial charge in [-0.3, -0.25) is 0 Å². The molecule has 0 saturated heterocycles. The van der Waals surface area contributed by atoms with Crippen LogP contribution in [0.4, 0.5) is 0 Å². The molecule has 0 bridgehead atoms. The Morgan fingerprint density at radius 3 is 1.44 bits per heavy atom. The highest BCUT2D eigenvalue weighted by Crippen LogP contribution is 2.46. The number of aryl methyl sites for hydroxylation is 1. The molecule has 8 aromatic carbocycles. The van der Waals surface area contributed by atoms with Gasteiger partial charge in [0.15, 0.2) is 0 Å². The van der Waals surface area contributed by atoms with Crippen molar-refractivity contribution in [2.24, 2.45) is 0 Å². The smallest absolute Gasteiger partial charge is 0.0491 e. The summed E-state index contributed by atoms with van der Waals surface area (Å²) in [6.07, 6.45) is 2.21. The molecule has 0 aliphatic carbocycles. The molecule has 0 radical (unpaired) electrons. The third-order valence-electron chi connectivity index (χ3n) is 12.7. The van der Waals surface area contributed by atoms with Gasteiger partial charge in [0.1, 0.15) is 0 Å². The van der Waals surface area contributed by atoms with Gasteiger partial charge < -0.3 is 4.57 Å². The van der Waals surface area contributed by atoms with Crippen molar-refractivity contribution in [3.63, 3.8) is 0 Å². The molecule has 0 spiro atoms. The molecule has 0 N–H and O–H groups in total. The van der Waals surface area contributed by atoms with Crippen molar-refractivity contribution >= 4 is 48.9 Å². The van der Waals surface area contributed by atoms with Crippen LogP contribution >= 0.6 is 0 Å². The molecule has 9 rings (SSSR count). The second kappa shape index (κ2) is 14.6. The van der Waals surface area contributed by atoms with E-state index in [2.05, 4.69) is 225 Å². The van der Waals surface area contributed by atoms with Crippen LogP contribution in [-0.4, -0.2) is 4.57 Å². The highest BCUT2D eigenvalue weighted by molar-refractivity contribution is 6.22. The molecule has 0 amide bonds. The fourth-order valence-corrected chi connectivity index (χ4v) is 9.11. The van der Waals surface area contributed by atoms with Gasteiger partial charge in [-0.05, 0) is 156 Å². The minimum Gasteiger partial charge on any atom is -0.341 e. The predicted octanol–water partition coefficient (Wildman–Crippen LogP) is 16.8. The van der Waals surface area contributed by atoms with Crippen LogP contribution in [0, 0.1) is 0 Å². The van der Waals surface area contributed by atoms with Crippen LogP contribution in [0.5, 0.6) is 0 Å². The Morgan fingerprint density at radius 2 is 0.881 bits per heavy atom. The number of hydrogen-bond donors (Lipinski definition) is 0. The first-order valence-corrected chi connectivity index (χ1v) is 21.3. The van der Waals surface area contributed by atoms with Gasteiger partial charge in [-0.1, -0.05) is 163 Å². The van der Waals surface area contributed by atoms with Crippen LogP contribution in [0.15, 0.2) is 158 Å². The first kappa shape index (κ1) is 38.3. The molecular formula is C58H55N. The lowest BCUT2D eigenvalue weighted by atomic mass is 9.81. The fraction of sp³-hybridized carbons (Fsp3) is 0.207. The van der Waals surface area contributed by atoms with Gasteiger partial charge in [-0.2, -0.15) is 0 Å². The molecule has 59 heavy (non-hydrogen) atoms. The Labute approximate surface area is 350 Å². The van der Waals surface area contributed by atoms with Crippen molar-refractivity contribution in [2.45, 2.75) is 79.7 Å². The number of fused-ring (bicyclic) bond motifs is 5. The Hall–Kier alpha value is -6.18. The molecule has 0 atom stereocenters. The monoisotopic (exact) mass is 765 g/mol. The Bertz CT molecular complexity index is 3070. The number of benzene rings is 8. The molecule has 292 valence electrons. The van der Waals surface area contributed by atoms with E-state index in [4.69, 9.17) is 0 Å². The van der Waals surface area contributed by atoms with Crippen LogP contribution in [-0.2, 0) is 17.4 Å². The SMILES string of the molecule is C/C=C(/C)c1ccc2c(-c3ccc(-c4ccc(-c5ccc6c(c5)c5cc(C(C)(C)C)ccc5n6CC)cc4)cc3)c3cc(C(C)(C)C)ccc3c(-c3ccccc3)c2c1. The van der Waals surface area contributed by atoms with E-state index in [0.29, 0.717) is 0 Å². The number of allylic oxidation sites excluding steroid dienone is 2. The standard InChI is InChI=1S/C58H55N/c1-10-37(3)43-25-29-47-51(33-43)55(41-15-13-12-14-16-41)48-30-27-45(57(4,5)6)36-52(48)56(47)42-23-21-39(22-24-42)38-17-19-40(20-18-38)44-26-31-53-49(34-44)50-35-46(58(7,8)9)28-32-54(50)59(53)11-2/h10,12-36H,11H2,1-9H3/b37-10-. The topological polar surface area (TPSA) is 4.93 Å². The molecule has 0 saturated carbocycles. The van der Waals surface area contributed by atoms with Crippen molar-refractivity contribution in [1.82, 2.24) is 4.57 Å². The van der Waals surface area contributed by atoms with Gasteiger partial charge in [0.2, 0.25) is 0 Å². The largest absolute Gasteiger partial charge is 0.341 e. The second-order valence-corrected chi connectivity index (χ2v) is 18.5. The normalized spacial score (nSPS) is 12.7. The number of hydrogen-bond acceptors (Lipinski definition) is 0. The summed E-state index contributed by atoms with van der Waals surface area (Å²) < 4.78 is 2.45. The quantitative estimate of drug-likeness (QED) is 0.149. The van der Waals surface area contributed by atoms with Gasteiger partial charge in [-0.15, -0.1) is 0 Å². The van der Waals surface area contributed by atoms with Crippen LogP contribution in [0.1, 0.15) is 79.0 Å². The third-order valence-corrected chi connectivity index (χ3v) is 12.7. The second-order valence-electron chi connectivity index (χ2n) is 18.5. The highest BCUT2D eigenvalue weighted by atomic mass is 15.0. The van der Waals surface area contributed by atoms with Crippen LogP contribution < -0.4 is 0 Å². The maximum atomic E-state index is 2.45. The van der Waals surface area contributed by atoms with E-state index in [0.717, 1.165) is 6.54 Å². The summed E-state index contributed by atoms with van der Waals surface area (Å²) >= 11 is 0. The molecule has 1 nitrogen and oxygen atoms in total. The Balaban J connectivity index is 1.14.